The highest BCUT2D eigenvalue weighted by Gasteiger charge is 2.18. The fourth-order valence-electron chi connectivity index (χ4n) is 2.63. The van der Waals surface area contributed by atoms with Gasteiger partial charge in [0, 0.05) is 23.6 Å². The molecule has 136 valence electrons. The minimum absolute atomic E-state index is 0.222. The van der Waals surface area contributed by atoms with E-state index in [4.69, 9.17) is 9.47 Å². The number of rotatable bonds is 2. The first kappa shape index (κ1) is 18.1. The molecule has 3 rings (SSSR count). The normalized spacial score (nSPS) is 20.2. The number of hydrogen-bond donors (Lipinski definition) is 2. The van der Waals surface area contributed by atoms with Crippen LogP contribution in [0.2, 0.25) is 0 Å². The van der Waals surface area contributed by atoms with Crippen molar-refractivity contribution in [3.63, 3.8) is 0 Å². The second-order valence-corrected chi connectivity index (χ2v) is 5.83. The van der Waals surface area contributed by atoms with E-state index in [1.807, 2.05) is 48.5 Å². The van der Waals surface area contributed by atoms with Crippen molar-refractivity contribution >= 4 is 12.4 Å². The van der Waals surface area contributed by atoms with Gasteiger partial charge in [-0.05, 0) is 24.3 Å². The van der Waals surface area contributed by atoms with Gasteiger partial charge in [-0.1, -0.05) is 24.3 Å². The first-order valence-corrected chi connectivity index (χ1v) is 8.53. The Morgan fingerprint density at radius 1 is 0.731 bits per heavy atom. The van der Waals surface area contributed by atoms with Crippen LogP contribution in [0.15, 0.2) is 58.5 Å². The van der Waals surface area contributed by atoms with E-state index in [0.29, 0.717) is 24.7 Å². The summed E-state index contributed by atoms with van der Waals surface area (Å²) in [7, 11) is 0. The Morgan fingerprint density at radius 2 is 1.15 bits per heavy atom. The molecule has 2 aromatic rings. The van der Waals surface area contributed by atoms with Crippen molar-refractivity contribution in [2.75, 3.05) is 26.4 Å². The minimum atomic E-state index is -0.555. The predicted octanol–water partition coefficient (Wildman–Crippen LogP) is 1.72. The average molecular weight is 354 g/mol. The first-order chi connectivity index (χ1) is 12.8. The number of fused-ring (bicyclic) bond motifs is 2. The van der Waals surface area contributed by atoms with Crippen molar-refractivity contribution < 1.29 is 19.7 Å². The number of ether oxygens (including phenoxy) is 2. The molecule has 6 nitrogen and oxygen atoms in total. The largest absolute Gasteiger partial charge is 0.489 e. The number of hydrogen-bond acceptors (Lipinski definition) is 6. The van der Waals surface area contributed by atoms with Crippen molar-refractivity contribution in [2.24, 2.45) is 9.98 Å². The molecular formula is C20H22N2O4. The van der Waals surface area contributed by atoms with Crippen molar-refractivity contribution in [1.82, 2.24) is 0 Å². The molecule has 6 heteroatoms. The Morgan fingerprint density at radius 3 is 1.58 bits per heavy atom. The number of nitrogens with zero attached hydrogens (tertiary/aromatic N) is 2. The van der Waals surface area contributed by atoms with E-state index in [-0.39, 0.29) is 13.2 Å². The molecule has 26 heavy (non-hydrogen) atoms. The summed E-state index contributed by atoms with van der Waals surface area (Å²) in [5, 5.41) is 19.4. The summed E-state index contributed by atoms with van der Waals surface area (Å²) in [6, 6.07) is 13.9. The van der Waals surface area contributed by atoms with E-state index < -0.39 is 12.1 Å². The van der Waals surface area contributed by atoms with Crippen LogP contribution in [0.4, 0.5) is 0 Å². The van der Waals surface area contributed by atoms with Crippen LogP contribution in [-0.2, 0) is 0 Å². The number of aliphatic hydroxyl groups is 2. The third-order valence-electron chi connectivity index (χ3n) is 4.06. The van der Waals surface area contributed by atoms with Gasteiger partial charge in [-0.2, -0.15) is 0 Å². The molecule has 0 amide bonds. The Labute approximate surface area is 152 Å². The molecule has 0 bridgehead atoms. The lowest BCUT2D eigenvalue weighted by molar-refractivity contribution is 0.201. The first-order valence-electron chi connectivity index (χ1n) is 8.53. The maximum atomic E-state index is 9.69. The van der Waals surface area contributed by atoms with Crippen LogP contribution in [0.5, 0.6) is 11.5 Å². The van der Waals surface area contributed by atoms with E-state index in [1.165, 1.54) is 0 Å². The third-order valence-corrected chi connectivity index (χ3v) is 4.06. The average Bonchev–Trinajstić information content (AvgIpc) is 2.69. The quantitative estimate of drug-likeness (QED) is 0.860. The van der Waals surface area contributed by atoms with Gasteiger partial charge >= 0.3 is 0 Å². The number of aliphatic hydroxyl groups excluding tert-OH is 2. The van der Waals surface area contributed by atoms with Gasteiger partial charge in [0.05, 0.1) is 25.3 Å². The second-order valence-electron chi connectivity index (χ2n) is 5.83. The van der Waals surface area contributed by atoms with Gasteiger partial charge in [0.15, 0.2) is 0 Å². The lowest BCUT2D eigenvalue weighted by Gasteiger charge is -2.18. The highest BCUT2D eigenvalue weighted by atomic mass is 16.5. The molecule has 0 saturated carbocycles. The molecule has 1 heterocycles. The smallest absolute Gasteiger partial charge is 0.128 e. The van der Waals surface area contributed by atoms with Gasteiger partial charge in [0.25, 0.3) is 0 Å². The SMILES string of the molecule is OC[C@H]1N=Cc2ccccc2OCCOc2ccccc2C=N[C@@H]1CO. The van der Waals surface area contributed by atoms with Crippen LogP contribution in [-0.4, -0.2) is 61.2 Å². The zero-order valence-electron chi connectivity index (χ0n) is 14.4. The molecule has 2 aromatic carbocycles. The summed E-state index contributed by atoms with van der Waals surface area (Å²) in [6.45, 7) is 0.332. The Balaban J connectivity index is 1.96. The molecule has 0 fully saturated rings. The summed E-state index contributed by atoms with van der Waals surface area (Å²) >= 11 is 0. The Hall–Kier alpha value is -2.70. The van der Waals surface area contributed by atoms with Crippen LogP contribution < -0.4 is 9.47 Å². The van der Waals surface area contributed by atoms with Gasteiger partial charge in [-0.15, -0.1) is 0 Å². The molecule has 2 N–H and O–H groups in total. The van der Waals surface area contributed by atoms with E-state index in [0.717, 1.165) is 11.1 Å². The van der Waals surface area contributed by atoms with Crippen molar-refractivity contribution in [1.29, 1.82) is 0 Å². The van der Waals surface area contributed by atoms with Crippen molar-refractivity contribution in [3.05, 3.63) is 59.7 Å². The van der Waals surface area contributed by atoms with Crippen LogP contribution in [0.3, 0.4) is 0 Å². The van der Waals surface area contributed by atoms with Gasteiger partial charge < -0.3 is 19.7 Å². The molecule has 2 atom stereocenters. The van der Waals surface area contributed by atoms with Crippen LogP contribution >= 0.6 is 0 Å². The molecule has 0 saturated heterocycles. The molecular weight excluding hydrogens is 332 g/mol. The van der Waals surface area contributed by atoms with E-state index >= 15 is 0 Å². The highest BCUT2D eigenvalue weighted by Crippen LogP contribution is 2.19. The predicted molar refractivity (Wildman–Crippen MR) is 101 cm³/mol. The summed E-state index contributed by atoms with van der Waals surface area (Å²) in [4.78, 5) is 8.84. The lowest BCUT2D eigenvalue weighted by atomic mass is 10.1. The van der Waals surface area contributed by atoms with Crippen molar-refractivity contribution in [2.45, 2.75) is 12.1 Å². The van der Waals surface area contributed by atoms with Gasteiger partial charge in [0.1, 0.15) is 24.7 Å². The van der Waals surface area contributed by atoms with Crippen molar-refractivity contribution in [3.8, 4) is 11.5 Å². The van der Waals surface area contributed by atoms with E-state index in [9.17, 15) is 10.2 Å². The zero-order valence-corrected chi connectivity index (χ0v) is 14.4. The maximum absolute atomic E-state index is 9.69. The van der Waals surface area contributed by atoms with Crippen LogP contribution in [0.25, 0.3) is 0 Å². The molecule has 1 aliphatic rings. The van der Waals surface area contributed by atoms with Gasteiger partial charge in [0.2, 0.25) is 0 Å². The monoisotopic (exact) mass is 354 g/mol. The second kappa shape index (κ2) is 9.12. The summed E-state index contributed by atoms with van der Waals surface area (Å²) in [5.41, 5.74) is 1.59. The van der Waals surface area contributed by atoms with Crippen LogP contribution in [0, 0.1) is 0 Å². The maximum Gasteiger partial charge on any atom is 0.128 e. The number of para-hydroxylation sites is 2. The van der Waals surface area contributed by atoms with Gasteiger partial charge in [-0.25, -0.2) is 0 Å². The fraction of sp³-hybridized carbons (Fsp3) is 0.300. The van der Waals surface area contributed by atoms with E-state index in [1.54, 1.807) is 12.4 Å². The zero-order chi connectivity index (χ0) is 18.2. The molecule has 0 aliphatic carbocycles. The van der Waals surface area contributed by atoms with Crippen LogP contribution in [0.1, 0.15) is 11.1 Å². The van der Waals surface area contributed by atoms with Gasteiger partial charge in [-0.3, -0.25) is 9.98 Å². The minimum Gasteiger partial charge on any atom is -0.489 e. The molecule has 0 radical (unpaired) electrons. The number of benzene rings is 2. The van der Waals surface area contributed by atoms with E-state index in [2.05, 4.69) is 9.98 Å². The molecule has 1 aliphatic heterocycles. The molecule has 0 spiro atoms. The highest BCUT2D eigenvalue weighted by molar-refractivity contribution is 5.84. The fourth-order valence-corrected chi connectivity index (χ4v) is 2.63. The third kappa shape index (κ3) is 4.47. The molecule has 0 unspecified atom stereocenters. The lowest BCUT2D eigenvalue weighted by Crippen LogP contribution is -2.30. The summed E-state index contributed by atoms with van der Waals surface area (Å²) in [5.74, 6) is 1.37. The Kier molecular flexibility index (Phi) is 6.35. The topological polar surface area (TPSA) is 83.6 Å². The number of aliphatic imine (C=N–C) groups is 2. The summed E-state index contributed by atoms with van der Waals surface area (Å²) < 4.78 is 11.6. The summed E-state index contributed by atoms with van der Waals surface area (Å²) in [6.07, 6.45) is 3.30. The standard InChI is InChI=1S/C20H22N2O4/c23-13-17-18(14-24)22-12-16-6-2-4-8-20(16)26-10-9-25-19-7-3-1-5-15(19)11-21-17/h1-8,11-12,17-18,23-24H,9-10,13-14H2/t17-,18-/m1/s1. The Bertz CT molecular complexity index is 710. The molecule has 0 aromatic heterocycles.